The van der Waals surface area contributed by atoms with Gasteiger partial charge in [0.1, 0.15) is 0 Å². The van der Waals surface area contributed by atoms with Gasteiger partial charge in [-0.3, -0.25) is 0 Å². The minimum atomic E-state index is 0.972. The van der Waals surface area contributed by atoms with Gasteiger partial charge in [0.2, 0.25) is 0 Å². The second-order valence-electron chi connectivity index (χ2n) is 4.11. The zero-order valence-corrected chi connectivity index (χ0v) is 10.5. The van der Waals surface area contributed by atoms with E-state index in [1.165, 1.54) is 22.4 Å². The molecule has 2 rings (SSSR count). The Bertz CT molecular complexity index is 388. The van der Waals surface area contributed by atoms with Crippen molar-refractivity contribution in [2.75, 3.05) is 0 Å². The molecule has 86 valence electrons. The lowest BCUT2D eigenvalue weighted by molar-refractivity contribution is 0.810. The van der Waals surface area contributed by atoms with E-state index in [1.54, 1.807) is 6.08 Å². The summed E-state index contributed by atoms with van der Waals surface area (Å²) in [4.78, 5) is 0. The fraction of sp³-hybridized carbons (Fsp3) is 0.333. The summed E-state index contributed by atoms with van der Waals surface area (Å²) in [5.41, 5.74) is 5.67. The van der Waals surface area contributed by atoms with Gasteiger partial charge in [0.25, 0.3) is 0 Å². The second kappa shape index (κ2) is 6.16. The van der Waals surface area contributed by atoms with Crippen molar-refractivity contribution in [3.05, 3.63) is 59.3 Å². The third-order valence-corrected chi connectivity index (χ3v) is 2.76. The third-order valence-electron chi connectivity index (χ3n) is 2.76. The second-order valence-corrected chi connectivity index (χ2v) is 4.11. The first-order valence-corrected chi connectivity index (χ1v) is 5.73. The number of hydrogen-bond donors (Lipinski definition) is 1. The fourth-order valence-corrected chi connectivity index (χ4v) is 1.70. The summed E-state index contributed by atoms with van der Waals surface area (Å²) in [7, 11) is 0. The average Bonchev–Trinajstić information content (AvgIpc) is 2.41. The van der Waals surface area contributed by atoms with Gasteiger partial charge in [-0.1, -0.05) is 35.9 Å². The molecule has 1 aliphatic heterocycles. The van der Waals surface area contributed by atoms with Crippen molar-refractivity contribution in [3.63, 3.8) is 0 Å². The molecule has 1 heteroatoms. The van der Waals surface area contributed by atoms with Crippen molar-refractivity contribution >= 4 is 0 Å². The average molecular weight is 215 g/mol. The van der Waals surface area contributed by atoms with E-state index < -0.39 is 0 Å². The summed E-state index contributed by atoms with van der Waals surface area (Å²) in [6.07, 6.45) is 2.84. The molecular formula is C15H21N. The van der Waals surface area contributed by atoms with Crippen LogP contribution in [0.15, 0.2) is 48.2 Å². The van der Waals surface area contributed by atoms with Crippen LogP contribution in [0.2, 0.25) is 0 Å². The van der Waals surface area contributed by atoms with Crippen LogP contribution in [0.1, 0.15) is 31.9 Å². The van der Waals surface area contributed by atoms with Crippen LogP contribution < -0.4 is 5.32 Å². The van der Waals surface area contributed by atoms with Crippen LogP contribution in [0, 0.1) is 0 Å². The summed E-state index contributed by atoms with van der Waals surface area (Å²) in [6.45, 7) is 10.6. The lowest BCUT2D eigenvalue weighted by Crippen LogP contribution is -2.09. The molecule has 0 atom stereocenters. The quantitative estimate of drug-likeness (QED) is 0.649. The third kappa shape index (κ3) is 3.27. The van der Waals surface area contributed by atoms with Gasteiger partial charge >= 0.3 is 0 Å². The highest BCUT2D eigenvalue weighted by Gasteiger charge is 2.08. The Hall–Kier alpha value is -1.50. The molecule has 1 aliphatic rings. The summed E-state index contributed by atoms with van der Waals surface area (Å²) in [5, 5.41) is 3.43. The number of rotatable bonds is 0. The van der Waals surface area contributed by atoms with E-state index in [-0.39, 0.29) is 0 Å². The standard InChI is InChI=1S/C12H15N.C3H6/c1-9-7-11-5-3-4-6-12(11)8-13-10(9)2;1-3-2/h3-6,13H,7-8H2,1-2H3;3H,1H2,2H3. The molecular weight excluding hydrogens is 194 g/mol. The topological polar surface area (TPSA) is 12.0 Å². The van der Waals surface area contributed by atoms with Crippen LogP contribution in [0.25, 0.3) is 0 Å². The normalized spacial score (nSPS) is 13.9. The molecule has 16 heavy (non-hydrogen) atoms. The Morgan fingerprint density at radius 2 is 1.75 bits per heavy atom. The Kier molecular flexibility index (Phi) is 4.84. The molecule has 0 aliphatic carbocycles. The first kappa shape index (κ1) is 12.6. The Morgan fingerprint density at radius 3 is 2.38 bits per heavy atom. The smallest absolute Gasteiger partial charge is 0.0400 e. The number of allylic oxidation sites excluding steroid dienone is 3. The first-order valence-electron chi connectivity index (χ1n) is 5.73. The zero-order chi connectivity index (χ0) is 12.0. The van der Waals surface area contributed by atoms with Crippen molar-refractivity contribution in [1.82, 2.24) is 5.32 Å². The molecule has 1 aromatic carbocycles. The van der Waals surface area contributed by atoms with Crippen LogP contribution >= 0.6 is 0 Å². The minimum Gasteiger partial charge on any atom is -0.385 e. The Morgan fingerprint density at radius 1 is 1.19 bits per heavy atom. The zero-order valence-electron chi connectivity index (χ0n) is 10.5. The maximum absolute atomic E-state index is 3.43. The highest BCUT2D eigenvalue weighted by atomic mass is 14.9. The van der Waals surface area contributed by atoms with Crippen LogP contribution in [0.5, 0.6) is 0 Å². The minimum absolute atomic E-state index is 0.972. The molecule has 0 unspecified atom stereocenters. The van der Waals surface area contributed by atoms with Gasteiger partial charge < -0.3 is 5.32 Å². The predicted molar refractivity (Wildman–Crippen MR) is 71.2 cm³/mol. The molecule has 1 N–H and O–H groups in total. The molecule has 0 aromatic heterocycles. The van der Waals surface area contributed by atoms with Crippen LogP contribution in [-0.2, 0) is 13.0 Å². The van der Waals surface area contributed by atoms with Crippen molar-refractivity contribution in [1.29, 1.82) is 0 Å². The van der Waals surface area contributed by atoms with Crippen LogP contribution in [0.4, 0.5) is 0 Å². The number of nitrogens with one attached hydrogen (secondary N) is 1. The first-order chi connectivity index (χ1) is 7.69. The highest BCUT2D eigenvalue weighted by molar-refractivity contribution is 5.33. The van der Waals surface area contributed by atoms with E-state index in [1.807, 2.05) is 6.92 Å². The summed E-state index contributed by atoms with van der Waals surface area (Å²) < 4.78 is 0. The van der Waals surface area contributed by atoms with Crippen molar-refractivity contribution in [2.45, 2.75) is 33.7 Å². The monoisotopic (exact) mass is 215 g/mol. The molecule has 0 fully saturated rings. The Labute approximate surface area is 98.9 Å². The summed E-state index contributed by atoms with van der Waals surface area (Å²) in [5.74, 6) is 0. The molecule has 0 bridgehead atoms. The molecule has 0 saturated carbocycles. The number of benzene rings is 1. The van der Waals surface area contributed by atoms with Crippen LogP contribution in [0.3, 0.4) is 0 Å². The summed E-state index contributed by atoms with van der Waals surface area (Å²) >= 11 is 0. The van der Waals surface area contributed by atoms with Crippen molar-refractivity contribution in [2.24, 2.45) is 0 Å². The van der Waals surface area contributed by atoms with Gasteiger partial charge in [0.05, 0.1) is 0 Å². The van der Waals surface area contributed by atoms with E-state index in [9.17, 15) is 0 Å². The number of hydrogen-bond acceptors (Lipinski definition) is 1. The lowest BCUT2D eigenvalue weighted by Gasteiger charge is -2.04. The van der Waals surface area contributed by atoms with E-state index in [4.69, 9.17) is 0 Å². The molecule has 1 aromatic rings. The Balaban J connectivity index is 0.000000386. The van der Waals surface area contributed by atoms with Crippen LogP contribution in [-0.4, -0.2) is 0 Å². The lowest BCUT2D eigenvalue weighted by atomic mass is 10.0. The molecule has 0 radical (unpaired) electrons. The van der Waals surface area contributed by atoms with Gasteiger partial charge in [-0.05, 0) is 38.3 Å². The molecule has 1 heterocycles. The highest BCUT2D eigenvalue weighted by Crippen LogP contribution is 2.18. The van der Waals surface area contributed by atoms with E-state index in [0.717, 1.165) is 13.0 Å². The maximum Gasteiger partial charge on any atom is 0.0400 e. The maximum atomic E-state index is 3.43. The van der Waals surface area contributed by atoms with Gasteiger partial charge in [-0.15, -0.1) is 6.58 Å². The number of fused-ring (bicyclic) bond motifs is 1. The van der Waals surface area contributed by atoms with Gasteiger partial charge in [0, 0.05) is 12.2 Å². The van der Waals surface area contributed by atoms with Gasteiger partial charge in [-0.25, -0.2) is 0 Å². The van der Waals surface area contributed by atoms with E-state index >= 15 is 0 Å². The van der Waals surface area contributed by atoms with E-state index in [0.29, 0.717) is 0 Å². The summed E-state index contributed by atoms with van der Waals surface area (Å²) in [6, 6.07) is 8.65. The fourth-order valence-electron chi connectivity index (χ4n) is 1.70. The molecule has 1 nitrogen and oxygen atoms in total. The van der Waals surface area contributed by atoms with Crippen molar-refractivity contribution in [3.8, 4) is 0 Å². The molecule has 0 amide bonds. The largest absolute Gasteiger partial charge is 0.385 e. The van der Waals surface area contributed by atoms with Crippen molar-refractivity contribution < 1.29 is 0 Å². The van der Waals surface area contributed by atoms with Gasteiger partial charge in [-0.2, -0.15) is 0 Å². The SMILES string of the molecule is C=CC.CC1=C(C)NCc2ccccc2C1. The van der Waals surface area contributed by atoms with Gasteiger partial charge in [0.15, 0.2) is 0 Å². The predicted octanol–water partition coefficient (Wildman–Crippen LogP) is 3.82. The molecule has 0 spiro atoms. The van der Waals surface area contributed by atoms with E-state index in [2.05, 4.69) is 50.0 Å². The molecule has 0 saturated heterocycles.